The summed E-state index contributed by atoms with van der Waals surface area (Å²) in [5.74, 6) is 1.77. The van der Waals surface area contributed by atoms with Crippen LogP contribution in [0.1, 0.15) is 74.9 Å². The van der Waals surface area contributed by atoms with E-state index in [9.17, 15) is 0 Å². The van der Waals surface area contributed by atoms with E-state index in [4.69, 9.17) is 8.83 Å². The minimum absolute atomic E-state index is 0.0278. The number of hydrogen-bond donors (Lipinski definition) is 0. The average molecular weight is 933 g/mol. The molecular weight excluding hydrogens is 880 g/mol. The van der Waals surface area contributed by atoms with Gasteiger partial charge in [-0.3, -0.25) is 0 Å². The summed E-state index contributed by atoms with van der Waals surface area (Å²) in [4.78, 5) is 5.26. The molecule has 11 aromatic rings. The van der Waals surface area contributed by atoms with Gasteiger partial charge in [-0.1, -0.05) is 133 Å². The minimum atomic E-state index is -0.0281. The van der Waals surface area contributed by atoms with Crippen molar-refractivity contribution in [3.8, 4) is 22.6 Å². The second kappa shape index (κ2) is 14.9. The highest BCUT2D eigenvalue weighted by Crippen LogP contribution is 2.54. The molecule has 0 atom stereocenters. The molecule has 13 rings (SSSR count). The summed E-state index contributed by atoms with van der Waals surface area (Å²) in [6.07, 6.45) is 0. The molecule has 2 aliphatic heterocycles. The molecule has 0 amide bonds. The van der Waals surface area contributed by atoms with Crippen molar-refractivity contribution in [1.82, 2.24) is 0 Å². The van der Waals surface area contributed by atoms with Gasteiger partial charge in [0.05, 0.1) is 21.4 Å². The third-order valence-corrected chi connectivity index (χ3v) is 17.4. The monoisotopic (exact) mass is 932 g/mol. The zero-order valence-electron chi connectivity index (χ0n) is 40.9. The maximum Gasteiger partial charge on any atom is 0.256 e. The molecule has 0 spiro atoms. The lowest BCUT2D eigenvalue weighted by Crippen LogP contribution is -2.60. The van der Waals surface area contributed by atoms with Crippen molar-refractivity contribution in [1.29, 1.82) is 0 Å². The molecule has 7 aromatic carbocycles. The van der Waals surface area contributed by atoms with Gasteiger partial charge in [-0.2, -0.15) is 0 Å². The van der Waals surface area contributed by atoms with E-state index in [0.29, 0.717) is 0 Å². The molecule has 0 aliphatic carbocycles. The van der Waals surface area contributed by atoms with Gasteiger partial charge in [0, 0.05) is 42.7 Å². The molecule has 0 saturated carbocycles. The van der Waals surface area contributed by atoms with Crippen LogP contribution in [0, 0.1) is 27.7 Å². The number of hydrogen-bond acceptors (Lipinski definition) is 6. The molecular formula is C62H53BN2O2S2. The summed E-state index contributed by atoms with van der Waals surface area (Å²) in [6.45, 7) is 23.1. The van der Waals surface area contributed by atoms with Gasteiger partial charge >= 0.3 is 0 Å². The number of furan rings is 2. The van der Waals surface area contributed by atoms with Gasteiger partial charge in [0.25, 0.3) is 6.71 Å². The van der Waals surface area contributed by atoms with Crippen molar-refractivity contribution >= 4 is 121 Å². The smallest absolute Gasteiger partial charge is 0.256 e. The Morgan fingerprint density at radius 3 is 1.30 bits per heavy atom. The fourth-order valence-corrected chi connectivity index (χ4v) is 14.0. The van der Waals surface area contributed by atoms with E-state index in [1.165, 1.54) is 103 Å². The summed E-state index contributed by atoms with van der Waals surface area (Å²) >= 11 is 3.87. The highest BCUT2D eigenvalue weighted by molar-refractivity contribution is 7.29. The molecule has 4 nitrogen and oxygen atoms in total. The van der Waals surface area contributed by atoms with Crippen molar-refractivity contribution in [2.45, 2.75) is 80.1 Å². The summed E-state index contributed by atoms with van der Waals surface area (Å²) in [7, 11) is 0. The SMILES string of the molecule is Cc1ccc(-c2cc3ccccc3o2)c(C)c1N1c2cccc3c2B(c2c1sc1ccc(C(C)(C)C)cc21)c1c(sc2ccc(C(C)(C)C)cc12)N3c1c(C)ccc(-c2cc3ccccc3o2)c1C. The van der Waals surface area contributed by atoms with Crippen molar-refractivity contribution < 1.29 is 8.83 Å². The molecule has 2 aliphatic rings. The lowest BCUT2D eigenvalue weighted by atomic mass is 9.33. The molecule has 0 saturated heterocycles. The average Bonchev–Trinajstić information content (AvgIpc) is 4.12. The van der Waals surface area contributed by atoms with Crippen molar-refractivity contribution in [3.05, 3.63) is 173 Å². The van der Waals surface area contributed by atoms with Crippen LogP contribution < -0.4 is 26.2 Å². The Kier molecular flexibility index (Phi) is 9.11. The molecule has 69 heavy (non-hydrogen) atoms. The highest BCUT2D eigenvalue weighted by Gasteiger charge is 2.48. The van der Waals surface area contributed by atoms with Crippen LogP contribution in [-0.2, 0) is 10.8 Å². The first-order chi connectivity index (χ1) is 33.1. The third-order valence-electron chi connectivity index (χ3n) is 15.1. The van der Waals surface area contributed by atoms with Crippen LogP contribution >= 0.6 is 22.7 Å². The fourth-order valence-electron chi connectivity index (χ4n) is 11.5. The molecule has 0 N–H and O–H groups in total. The van der Waals surface area contributed by atoms with Gasteiger partial charge in [0.15, 0.2) is 0 Å². The molecule has 0 radical (unpaired) electrons. The van der Waals surface area contributed by atoms with Gasteiger partial charge in [-0.25, -0.2) is 0 Å². The Labute approximate surface area is 412 Å². The quantitative estimate of drug-likeness (QED) is 0.165. The van der Waals surface area contributed by atoms with E-state index in [1.807, 2.05) is 34.8 Å². The van der Waals surface area contributed by atoms with Crippen LogP contribution in [0.2, 0.25) is 0 Å². The molecule has 4 aromatic heterocycles. The van der Waals surface area contributed by atoms with Gasteiger partial charge < -0.3 is 18.6 Å². The van der Waals surface area contributed by atoms with Gasteiger partial charge in [0.1, 0.15) is 22.7 Å². The van der Waals surface area contributed by atoms with E-state index in [2.05, 4.69) is 206 Å². The molecule has 0 unspecified atom stereocenters. The van der Waals surface area contributed by atoms with Gasteiger partial charge in [-0.05, 0) is 148 Å². The predicted octanol–water partition coefficient (Wildman–Crippen LogP) is 16.9. The van der Waals surface area contributed by atoms with Gasteiger partial charge in [0.2, 0.25) is 0 Å². The zero-order valence-corrected chi connectivity index (χ0v) is 42.5. The lowest BCUT2D eigenvalue weighted by Gasteiger charge is -2.43. The normalized spacial score (nSPS) is 13.6. The van der Waals surface area contributed by atoms with Crippen LogP contribution in [0.4, 0.5) is 32.8 Å². The number of benzene rings is 7. The highest BCUT2D eigenvalue weighted by atomic mass is 32.1. The second-order valence-electron chi connectivity index (χ2n) is 21.5. The Balaban J connectivity index is 1.15. The second-order valence-corrected chi connectivity index (χ2v) is 23.5. The summed E-state index contributed by atoms with van der Waals surface area (Å²) < 4.78 is 15.9. The van der Waals surface area contributed by atoms with Crippen LogP contribution in [0.25, 0.3) is 64.8 Å². The number of nitrogens with zero attached hydrogens (tertiary/aromatic N) is 2. The van der Waals surface area contributed by atoms with E-state index < -0.39 is 0 Å². The maximum absolute atomic E-state index is 6.63. The first-order valence-corrected chi connectivity index (χ1v) is 25.8. The maximum atomic E-state index is 6.63. The first kappa shape index (κ1) is 42.3. The Bertz CT molecular complexity index is 3640. The Morgan fingerprint density at radius 2 is 0.884 bits per heavy atom. The summed E-state index contributed by atoms with van der Waals surface area (Å²) in [5, 5.41) is 7.46. The van der Waals surface area contributed by atoms with Crippen LogP contribution in [0.5, 0.6) is 0 Å². The van der Waals surface area contributed by atoms with Crippen molar-refractivity contribution in [3.63, 3.8) is 0 Å². The molecule has 7 heteroatoms. The third kappa shape index (κ3) is 6.25. The van der Waals surface area contributed by atoms with Crippen LogP contribution in [0.3, 0.4) is 0 Å². The van der Waals surface area contributed by atoms with Crippen molar-refractivity contribution in [2.24, 2.45) is 0 Å². The number of anilines is 6. The van der Waals surface area contributed by atoms with Crippen LogP contribution in [0.15, 0.2) is 148 Å². The summed E-state index contributed by atoms with van der Waals surface area (Å²) in [6, 6.07) is 51.7. The molecule has 338 valence electrons. The number of fused-ring (bicyclic) bond motifs is 10. The van der Waals surface area contributed by atoms with Gasteiger partial charge in [-0.15, -0.1) is 22.7 Å². The molecule has 0 bridgehead atoms. The first-order valence-electron chi connectivity index (χ1n) is 24.2. The number of para-hydroxylation sites is 2. The van der Waals surface area contributed by atoms with E-state index in [0.717, 1.165) is 44.6 Å². The standard InChI is InChI=1S/C62H53BN2O2S2/c1-34-22-26-42(50-30-38-16-11-13-20-48(38)66-50)36(3)57(34)64-46-18-15-19-47-56(46)63(54-44-32-40(61(5,6)7)24-28-52(44)68-59(54)64)55-45-33-41(62(8,9)10)25-29-53(45)69-60(55)65(47)58-35(2)23-27-43(37(58)4)51-31-39-17-12-14-21-49(39)67-51/h11-33H,1-10H3. The largest absolute Gasteiger partial charge is 0.456 e. The van der Waals surface area contributed by atoms with E-state index in [-0.39, 0.29) is 17.5 Å². The van der Waals surface area contributed by atoms with E-state index >= 15 is 0 Å². The zero-order chi connectivity index (χ0) is 47.4. The predicted molar refractivity (Wildman–Crippen MR) is 298 cm³/mol. The number of aryl methyl sites for hydroxylation is 2. The fraction of sp³-hybridized carbons (Fsp3) is 0.194. The Hall–Kier alpha value is -6.80. The molecule has 0 fully saturated rings. The topological polar surface area (TPSA) is 32.8 Å². The van der Waals surface area contributed by atoms with Crippen molar-refractivity contribution in [2.75, 3.05) is 9.80 Å². The lowest BCUT2D eigenvalue weighted by molar-refractivity contribution is 0.591. The van der Waals surface area contributed by atoms with E-state index in [1.54, 1.807) is 0 Å². The number of thiophene rings is 2. The Morgan fingerprint density at radius 1 is 0.449 bits per heavy atom. The molecule has 6 heterocycles. The minimum Gasteiger partial charge on any atom is -0.456 e. The summed E-state index contributed by atoms with van der Waals surface area (Å²) in [5.41, 5.74) is 20.4. The van der Waals surface area contributed by atoms with Crippen LogP contribution in [-0.4, -0.2) is 6.71 Å². The number of rotatable bonds is 4.